The molecule has 0 aliphatic rings. The minimum atomic E-state index is -4.16. The van der Waals surface area contributed by atoms with Gasteiger partial charge in [0.25, 0.3) is 0 Å². The molecule has 0 fully saturated rings. The molecular formula is C16H24F3NO. The first-order valence-corrected chi connectivity index (χ1v) is 7.28. The Morgan fingerprint density at radius 1 is 1.19 bits per heavy atom. The maximum Gasteiger partial charge on any atom is 0.391 e. The van der Waals surface area contributed by atoms with Gasteiger partial charge in [-0.15, -0.1) is 0 Å². The summed E-state index contributed by atoms with van der Waals surface area (Å²) in [5.41, 5.74) is 3.43. The lowest BCUT2D eigenvalue weighted by molar-refractivity contribution is -0.145. The molecule has 0 aliphatic carbocycles. The predicted octanol–water partition coefficient (Wildman–Crippen LogP) is 4.31. The van der Waals surface area contributed by atoms with E-state index in [-0.39, 0.29) is 19.3 Å². The Hall–Kier alpha value is -1.07. The second-order valence-electron chi connectivity index (χ2n) is 5.29. The number of rotatable bonds is 8. The van der Waals surface area contributed by atoms with Gasteiger partial charge in [-0.1, -0.05) is 25.1 Å². The molecule has 5 heteroatoms. The number of nitrogens with one attached hydrogen (secondary N) is 1. The number of hydrogen-bond acceptors (Lipinski definition) is 2. The van der Waals surface area contributed by atoms with Crippen LogP contribution in [0.1, 0.15) is 42.5 Å². The molecular weight excluding hydrogens is 279 g/mol. The molecule has 120 valence electrons. The molecule has 0 amide bonds. The summed E-state index contributed by atoms with van der Waals surface area (Å²) < 4.78 is 41.5. The topological polar surface area (TPSA) is 21.3 Å². The van der Waals surface area contributed by atoms with Crippen LogP contribution in [0.2, 0.25) is 0 Å². The molecule has 1 rings (SSSR count). The van der Waals surface area contributed by atoms with Crippen LogP contribution in [0.4, 0.5) is 13.2 Å². The lowest BCUT2D eigenvalue weighted by atomic mass is 10.0. The minimum absolute atomic E-state index is 0.0718. The van der Waals surface area contributed by atoms with Crippen LogP contribution in [0.5, 0.6) is 0 Å². The van der Waals surface area contributed by atoms with E-state index >= 15 is 0 Å². The zero-order chi connectivity index (χ0) is 15.9. The second-order valence-corrected chi connectivity index (χ2v) is 5.29. The molecule has 1 aromatic carbocycles. The lowest BCUT2D eigenvalue weighted by Gasteiger charge is -2.20. The minimum Gasteiger partial charge on any atom is -0.379 e. The van der Waals surface area contributed by atoms with Gasteiger partial charge in [0.1, 0.15) is 0 Å². The van der Waals surface area contributed by atoms with Crippen molar-refractivity contribution in [2.45, 2.75) is 45.8 Å². The molecule has 0 aromatic heterocycles. The number of hydrogen-bond donors (Lipinski definition) is 1. The summed E-state index contributed by atoms with van der Waals surface area (Å²) in [6.45, 7) is 6.88. The van der Waals surface area contributed by atoms with E-state index in [0.717, 1.165) is 18.5 Å². The molecule has 1 atom stereocenters. The Kier molecular flexibility index (Phi) is 7.18. The Labute approximate surface area is 124 Å². The third-order valence-electron chi connectivity index (χ3n) is 3.39. The summed E-state index contributed by atoms with van der Waals surface area (Å²) in [4.78, 5) is 0. The van der Waals surface area contributed by atoms with Gasteiger partial charge in [0.15, 0.2) is 0 Å². The van der Waals surface area contributed by atoms with Gasteiger partial charge in [-0.3, -0.25) is 0 Å². The van der Waals surface area contributed by atoms with Gasteiger partial charge in [-0.2, -0.15) is 13.2 Å². The van der Waals surface area contributed by atoms with Crippen LogP contribution in [0.3, 0.4) is 0 Å². The molecule has 21 heavy (non-hydrogen) atoms. The summed E-state index contributed by atoms with van der Waals surface area (Å²) in [6.07, 6.45) is -4.10. The Morgan fingerprint density at radius 3 is 2.48 bits per heavy atom. The van der Waals surface area contributed by atoms with Crippen molar-refractivity contribution in [2.24, 2.45) is 0 Å². The first-order chi connectivity index (χ1) is 9.83. The molecule has 1 unspecified atom stereocenters. The zero-order valence-corrected chi connectivity index (χ0v) is 12.9. The first kappa shape index (κ1) is 18.0. The predicted molar refractivity (Wildman–Crippen MR) is 78.4 cm³/mol. The molecule has 1 aromatic rings. The van der Waals surface area contributed by atoms with Crippen molar-refractivity contribution in [3.05, 3.63) is 34.9 Å². The average molecular weight is 303 g/mol. The van der Waals surface area contributed by atoms with Crippen molar-refractivity contribution in [2.75, 3.05) is 19.8 Å². The first-order valence-electron chi connectivity index (χ1n) is 7.28. The van der Waals surface area contributed by atoms with E-state index < -0.39 is 12.6 Å². The molecule has 1 N–H and O–H groups in total. The third kappa shape index (κ3) is 6.96. The fourth-order valence-corrected chi connectivity index (χ4v) is 1.96. The van der Waals surface area contributed by atoms with Crippen molar-refractivity contribution in [1.29, 1.82) is 0 Å². The summed E-state index contributed by atoms with van der Waals surface area (Å²) in [6, 6.07) is 6.03. The lowest BCUT2D eigenvalue weighted by Crippen LogP contribution is -2.27. The summed E-state index contributed by atoms with van der Waals surface area (Å²) in [5.74, 6) is 0. The van der Waals surface area contributed by atoms with E-state index in [1.165, 1.54) is 11.1 Å². The van der Waals surface area contributed by atoms with Crippen LogP contribution in [0, 0.1) is 13.8 Å². The maximum absolute atomic E-state index is 12.1. The third-order valence-corrected chi connectivity index (χ3v) is 3.39. The molecule has 2 nitrogen and oxygen atoms in total. The fourth-order valence-electron chi connectivity index (χ4n) is 1.96. The van der Waals surface area contributed by atoms with E-state index in [9.17, 15) is 13.2 Å². The monoisotopic (exact) mass is 303 g/mol. The normalized spacial score (nSPS) is 13.4. The van der Waals surface area contributed by atoms with Crippen molar-refractivity contribution in [1.82, 2.24) is 5.32 Å². The van der Waals surface area contributed by atoms with Gasteiger partial charge in [0.05, 0.1) is 25.7 Å². The van der Waals surface area contributed by atoms with Crippen LogP contribution >= 0.6 is 0 Å². The van der Waals surface area contributed by atoms with E-state index in [4.69, 9.17) is 4.74 Å². The van der Waals surface area contributed by atoms with Gasteiger partial charge in [0.2, 0.25) is 0 Å². The molecule has 0 saturated carbocycles. The van der Waals surface area contributed by atoms with Gasteiger partial charge in [-0.25, -0.2) is 0 Å². The Balaban J connectivity index is 2.60. The highest BCUT2D eigenvalue weighted by atomic mass is 19.4. The van der Waals surface area contributed by atoms with E-state index in [1.54, 1.807) is 0 Å². The number of ether oxygens (including phenoxy) is 1. The summed E-state index contributed by atoms with van der Waals surface area (Å²) in [5, 5.41) is 3.32. The van der Waals surface area contributed by atoms with Crippen molar-refractivity contribution >= 4 is 0 Å². The van der Waals surface area contributed by atoms with Crippen LogP contribution in [-0.2, 0) is 4.74 Å². The molecule has 0 aliphatic heterocycles. The summed E-state index contributed by atoms with van der Waals surface area (Å²) in [7, 11) is 0. The number of aryl methyl sites for hydroxylation is 2. The number of benzene rings is 1. The van der Waals surface area contributed by atoms with Gasteiger partial charge in [0, 0.05) is 0 Å². The van der Waals surface area contributed by atoms with Crippen LogP contribution < -0.4 is 5.32 Å². The van der Waals surface area contributed by atoms with Crippen LogP contribution in [0.25, 0.3) is 0 Å². The molecule has 0 bridgehead atoms. The Bertz CT molecular complexity index is 432. The molecule has 0 heterocycles. The summed E-state index contributed by atoms with van der Waals surface area (Å²) >= 11 is 0. The largest absolute Gasteiger partial charge is 0.391 e. The van der Waals surface area contributed by atoms with Gasteiger partial charge >= 0.3 is 6.18 Å². The van der Waals surface area contributed by atoms with Gasteiger partial charge in [-0.05, 0) is 43.5 Å². The maximum atomic E-state index is 12.1. The Morgan fingerprint density at radius 2 is 1.90 bits per heavy atom. The highest BCUT2D eigenvalue weighted by molar-refractivity contribution is 5.31. The number of alkyl halides is 3. The smallest absolute Gasteiger partial charge is 0.379 e. The number of halogens is 3. The van der Waals surface area contributed by atoms with Crippen molar-refractivity contribution in [3.63, 3.8) is 0 Å². The van der Waals surface area contributed by atoms with E-state index in [0.29, 0.717) is 0 Å². The highest BCUT2D eigenvalue weighted by Crippen LogP contribution is 2.21. The quantitative estimate of drug-likeness (QED) is 0.722. The second kappa shape index (κ2) is 8.39. The van der Waals surface area contributed by atoms with E-state index in [1.807, 2.05) is 26.0 Å². The molecule has 0 saturated heterocycles. The molecule has 0 spiro atoms. The van der Waals surface area contributed by atoms with E-state index in [2.05, 4.69) is 18.3 Å². The van der Waals surface area contributed by atoms with Crippen molar-refractivity contribution in [3.8, 4) is 0 Å². The van der Waals surface area contributed by atoms with Crippen LogP contribution in [-0.4, -0.2) is 25.9 Å². The average Bonchev–Trinajstić information content (AvgIpc) is 2.40. The zero-order valence-electron chi connectivity index (χ0n) is 12.9. The molecule has 0 radical (unpaired) electrons. The van der Waals surface area contributed by atoms with Crippen molar-refractivity contribution < 1.29 is 17.9 Å². The standard InChI is InChI=1S/C16H24F3NO/c1-4-8-20-15(11-21-9-7-16(17,18)19)14-6-5-12(2)13(3)10-14/h5-6,10,15,20H,4,7-9,11H2,1-3H3. The SMILES string of the molecule is CCCNC(COCCC(F)(F)F)c1ccc(C)c(C)c1. The highest BCUT2D eigenvalue weighted by Gasteiger charge is 2.26. The van der Waals surface area contributed by atoms with Gasteiger partial charge < -0.3 is 10.1 Å². The van der Waals surface area contributed by atoms with Crippen LogP contribution in [0.15, 0.2) is 18.2 Å². The fraction of sp³-hybridized carbons (Fsp3) is 0.625.